The Bertz CT molecular complexity index is 449. The second kappa shape index (κ2) is 10.1. The van der Waals surface area contributed by atoms with Gasteiger partial charge in [-0.15, -0.1) is 0 Å². The Balaban J connectivity index is 2.43. The van der Waals surface area contributed by atoms with Crippen LogP contribution < -0.4 is 15.4 Å². The first-order valence-corrected chi connectivity index (χ1v) is 7.92. The lowest BCUT2D eigenvalue weighted by atomic mass is 10.1. The van der Waals surface area contributed by atoms with Crippen molar-refractivity contribution in [3.05, 3.63) is 24.3 Å². The average molecular weight is 308 g/mol. The highest BCUT2D eigenvalue weighted by atomic mass is 16.5. The van der Waals surface area contributed by atoms with Crippen LogP contribution >= 0.6 is 0 Å². The minimum atomic E-state index is -0.246. The molecule has 0 heterocycles. The molecule has 1 aromatic rings. The highest BCUT2D eigenvalue weighted by Gasteiger charge is 2.07. The Kier molecular flexibility index (Phi) is 8.36. The summed E-state index contributed by atoms with van der Waals surface area (Å²) in [6.45, 7) is 7.04. The molecule has 1 rings (SSSR count). The zero-order valence-electron chi connectivity index (χ0n) is 13.8. The lowest BCUT2D eigenvalue weighted by Crippen LogP contribution is -2.36. The number of nitrogens with one attached hydrogen (secondary N) is 2. The van der Waals surface area contributed by atoms with Crippen molar-refractivity contribution in [1.82, 2.24) is 5.32 Å². The maximum Gasteiger partial charge on any atom is 0.319 e. The second-order valence-corrected chi connectivity index (χ2v) is 5.92. The van der Waals surface area contributed by atoms with Crippen LogP contribution in [0.4, 0.5) is 10.5 Å². The molecule has 0 saturated heterocycles. The number of rotatable bonds is 9. The molecule has 0 aliphatic carbocycles. The summed E-state index contributed by atoms with van der Waals surface area (Å²) < 4.78 is 5.67. The second-order valence-electron chi connectivity index (χ2n) is 5.92. The standard InChI is InChI=1S/C17H28N2O3/c1-13(2)9-11-22-16-8-4-7-15(12-16)19-17(21)18-14(3)6-5-10-20/h4,7-8,12-14,20H,5-6,9-11H2,1-3H3,(H2,18,19,21). The van der Waals surface area contributed by atoms with Crippen LogP contribution in [0.3, 0.4) is 0 Å². The summed E-state index contributed by atoms with van der Waals surface area (Å²) in [4.78, 5) is 11.9. The lowest BCUT2D eigenvalue weighted by Gasteiger charge is -2.14. The summed E-state index contributed by atoms with van der Waals surface area (Å²) in [5.41, 5.74) is 0.703. The quantitative estimate of drug-likeness (QED) is 0.655. The molecule has 0 spiro atoms. The minimum Gasteiger partial charge on any atom is -0.494 e. The fourth-order valence-corrected chi connectivity index (χ4v) is 1.94. The zero-order valence-corrected chi connectivity index (χ0v) is 13.8. The zero-order chi connectivity index (χ0) is 16.4. The van der Waals surface area contributed by atoms with E-state index in [0.717, 1.165) is 18.6 Å². The van der Waals surface area contributed by atoms with E-state index in [1.54, 1.807) is 0 Å². The molecule has 3 N–H and O–H groups in total. The predicted octanol–water partition coefficient (Wildman–Crippen LogP) is 3.39. The fraction of sp³-hybridized carbons (Fsp3) is 0.588. The van der Waals surface area contributed by atoms with Gasteiger partial charge >= 0.3 is 6.03 Å². The molecular weight excluding hydrogens is 280 g/mol. The summed E-state index contributed by atoms with van der Waals surface area (Å²) >= 11 is 0. The van der Waals surface area contributed by atoms with Crippen molar-refractivity contribution in [3.63, 3.8) is 0 Å². The number of urea groups is 1. The van der Waals surface area contributed by atoms with Gasteiger partial charge in [0.05, 0.1) is 6.61 Å². The molecule has 5 heteroatoms. The number of carbonyl (C=O) groups excluding carboxylic acids is 1. The molecule has 0 aromatic heterocycles. The van der Waals surface area contributed by atoms with Crippen molar-refractivity contribution < 1.29 is 14.6 Å². The molecule has 1 aromatic carbocycles. The molecule has 0 saturated carbocycles. The first-order chi connectivity index (χ1) is 10.5. The van der Waals surface area contributed by atoms with Crippen LogP contribution in [0.25, 0.3) is 0 Å². The maximum atomic E-state index is 11.9. The van der Waals surface area contributed by atoms with Gasteiger partial charge in [-0.25, -0.2) is 4.79 Å². The van der Waals surface area contributed by atoms with Crippen LogP contribution in [0.1, 0.15) is 40.0 Å². The van der Waals surface area contributed by atoms with Gasteiger partial charge in [0, 0.05) is 24.4 Å². The van der Waals surface area contributed by atoms with Crippen molar-refractivity contribution >= 4 is 11.7 Å². The van der Waals surface area contributed by atoms with E-state index < -0.39 is 0 Å². The van der Waals surface area contributed by atoms with E-state index in [9.17, 15) is 4.79 Å². The van der Waals surface area contributed by atoms with Gasteiger partial charge in [-0.1, -0.05) is 19.9 Å². The number of benzene rings is 1. The monoisotopic (exact) mass is 308 g/mol. The highest BCUT2D eigenvalue weighted by Crippen LogP contribution is 2.18. The van der Waals surface area contributed by atoms with Crippen molar-refractivity contribution in [2.45, 2.75) is 46.1 Å². The molecule has 1 atom stereocenters. The summed E-state index contributed by atoms with van der Waals surface area (Å²) in [5, 5.41) is 14.4. The van der Waals surface area contributed by atoms with Crippen LogP contribution in [0, 0.1) is 5.92 Å². The van der Waals surface area contributed by atoms with Crippen molar-refractivity contribution in [3.8, 4) is 5.75 Å². The van der Waals surface area contributed by atoms with Crippen LogP contribution in [0.2, 0.25) is 0 Å². The molecule has 0 radical (unpaired) electrons. The Morgan fingerprint density at radius 2 is 2.05 bits per heavy atom. The van der Waals surface area contributed by atoms with E-state index in [-0.39, 0.29) is 18.7 Å². The molecule has 0 bridgehead atoms. The first kappa shape index (κ1) is 18.3. The predicted molar refractivity (Wildman–Crippen MR) is 89.3 cm³/mol. The van der Waals surface area contributed by atoms with Gasteiger partial charge in [0.1, 0.15) is 5.75 Å². The normalized spacial score (nSPS) is 12.0. The van der Waals surface area contributed by atoms with E-state index in [2.05, 4.69) is 24.5 Å². The minimum absolute atomic E-state index is 0.0256. The van der Waals surface area contributed by atoms with Crippen molar-refractivity contribution in [2.75, 3.05) is 18.5 Å². The van der Waals surface area contributed by atoms with Crippen molar-refractivity contribution in [1.29, 1.82) is 0 Å². The number of anilines is 1. The average Bonchev–Trinajstić information content (AvgIpc) is 2.45. The maximum absolute atomic E-state index is 11.9. The molecule has 0 aliphatic heterocycles. The lowest BCUT2D eigenvalue weighted by molar-refractivity contribution is 0.245. The summed E-state index contributed by atoms with van der Waals surface area (Å²) in [6, 6.07) is 7.16. The third-order valence-electron chi connectivity index (χ3n) is 3.23. The van der Waals surface area contributed by atoms with E-state index in [1.807, 2.05) is 31.2 Å². The number of hydrogen-bond donors (Lipinski definition) is 3. The van der Waals surface area contributed by atoms with Crippen LogP contribution in [-0.2, 0) is 0 Å². The van der Waals surface area contributed by atoms with Gasteiger partial charge in [0.15, 0.2) is 0 Å². The Hall–Kier alpha value is -1.75. The van der Waals surface area contributed by atoms with Gasteiger partial charge in [0.2, 0.25) is 0 Å². The Morgan fingerprint density at radius 1 is 1.27 bits per heavy atom. The highest BCUT2D eigenvalue weighted by molar-refractivity contribution is 5.89. The molecule has 0 aliphatic rings. The van der Waals surface area contributed by atoms with Gasteiger partial charge < -0.3 is 20.5 Å². The number of aliphatic hydroxyl groups is 1. The Labute approximate surface area is 133 Å². The summed E-state index contributed by atoms with van der Waals surface area (Å²) in [5.74, 6) is 1.36. The molecule has 0 fully saturated rings. The molecular formula is C17H28N2O3. The van der Waals surface area contributed by atoms with E-state index in [4.69, 9.17) is 9.84 Å². The smallest absolute Gasteiger partial charge is 0.319 e. The van der Waals surface area contributed by atoms with Crippen LogP contribution in [0.15, 0.2) is 24.3 Å². The van der Waals surface area contributed by atoms with E-state index >= 15 is 0 Å². The molecule has 2 amide bonds. The Morgan fingerprint density at radius 3 is 2.73 bits per heavy atom. The summed E-state index contributed by atoms with van der Waals surface area (Å²) in [6.07, 6.45) is 2.43. The van der Waals surface area contributed by atoms with Gasteiger partial charge in [-0.05, 0) is 44.2 Å². The number of aliphatic hydroxyl groups excluding tert-OH is 1. The molecule has 1 unspecified atom stereocenters. The third-order valence-corrected chi connectivity index (χ3v) is 3.23. The molecule has 22 heavy (non-hydrogen) atoms. The van der Waals surface area contributed by atoms with E-state index in [0.29, 0.717) is 24.6 Å². The topological polar surface area (TPSA) is 70.6 Å². The van der Waals surface area contributed by atoms with Crippen molar-refractivity contribution in [2.24, 2.45) is 5.92 Å². The molecule has 124 valence electrons. The van der Waals surface area contributed by atoms with Gasteiger partial charge in [-0.2, -0.15) is 0 Å². The van der Waals surface area contributed by atoms with Gasteiger partial charge in [0.25, 0.3) is 0 Å². The fourth-order valence-electron chi connectivity index (χ4n) is 1.94. The first-order valence-electron chi connectivity index (χ1n) is 7.92. The number of ether oxygens (including phenoxy) is 1. The van der Waals surface area contributed by atoms with E-state index in [1.165, 1.54) is 0 Å². The third kappa shape index (κ3) is 7.88. The van der Waals surface area contributed by atoms with Crippen LogP contribution in [-0.4, -0.2) is 30.4 Å². The number of hydrogen-bond acceptors (Lipinski definition) is 3. The summed E-state index contributed by atoms with van der Waals surface area (Å²) in [7, 11) is 0. The molecule has 5 nitrogen and oxygen atoms in total. The number of amides is 2. The van der Waals surface area contributed by atoms with Gasteiger partial charge in [-0.3, -0.25) is 0 Å². The SMILES string of the molecule is CC(C)CCOc1cccc(NC(=O)NC(C)CCCO)c1. The number of carbonyl (C=O) groups is 1. The van der Waals surface area contributed by atoms with Crippen LogP contribution in [0.5, 0.6) is 5.75 Å². The largest absolute Gasteiger partial charge is 0.494 e.